The number of fused-ring (bicyclic) bond motifs is 2. The van der Waals surface area contributed by atoms with Crippen LogP contribution in [0.1, 0.15) is 24.5 Å². The van der Waals surface area contributed by atoms with Crippen LogP contribution in [0.15, 0.2) is 48.0 Å². The minimum atomic E-state index is 1.10. The van der Waals surface area contributed by atoms with Crippen LogP contribution in [0.2, 0.25) is 0 Å². The molecule has 0 amide bonds. The van der Waals surface area contributed by atoms with Crippen molar-refractivity contribution in [2.24, 2.45) is 0 Å². The molecule has 0 saturated heterocycles. The number of para-hydroxylation sites is 1. The topological polar surface area (TPSA) is 12.9 Å². The highest BCUT2D eigenvalue weighted by atomic mass is 32.1. The summed E-state index contributed by atoms with van der Waals surface area (Å²) in [5.74, 6) is 0. The molecular weight excluding hydrogens is 262 g/mol. The van der Waals surface area contributed by atoms with Gasteiger partial charge in [-0.05, 0) is 36.1 Å². The Morgan fingerprint density at radius 3 is 2.85 bits per heavy atom. The fraction of sp³-hybridized carbons (Fsp3) is 0.167. The second kappa shape index (κ2) is 4.57. The zero-order valence-corrected chi connectivity index (χ0v) is 12.2. The van der Waals surface area contributed by atoms with Gasteiger partial charge in [0.15, 0.2) is 0 Å². The zero-order chi connectivity index (χ0) is 13.5. The third-order valence-electron chi connectivity index (χ3n) is 3.94. The Bertz CT molecular complexity index is 793. The van der Waals surface area contributed by atoms with Gasteiger partial charge in [-0.25, -0.2) is 4.98 Å². The molecular formula is C18H15NS. The Morgan fingerprint density at radius 2 is 2.00 bits per heavy atom. The van der Waals surface area contributed by atoms with Gasteiger partial charge in [0.25, 0.3) is 0 Å². The van der Waals surface area contributed by atoms with Gasteiger partial charge in [0.2, 0.25) is 0 Å². The summed E-state index contributed by atoms with van der Waals surface area (Å²) >= 11 is 1.78. The van der Waals surface area contributed by atoms with Gasteiger partial charge in [0.1, 0.15) is 5.01 Å². The summed E-state index contributed by atoms with van der Waals surface area (Å²) in [5, 5.41) is 1.14. The lowest BCUT2D eigenvalue weighted by atomic mass is 10.0. The predicted molar refractivity (Wildman–Crippen MR) is 87.0 cm³/mol. The standard InChI is InChI=1S/C18H15NS/c1-2-12-10-13-6-5-7-14(15(13)11-12)18-19-16-8-3-4-9-17(16)20-18/h3-9,11H,2,10H2,1H3. The van der Waals surface area contributed by atoms with Gasteiger partial charge in [-0.1, -0.05) is 48.9 Å². The van der Waals surface area contributed by atoms with E-state index in [-0.39, 0.29) is 0 Å². The van der Waals surface area contributed by atoms with Gasteiger partial charge in [0, 0.05) is 5.56 Å². The normalized spacial score (nSPS) is 13.6. The molecule has 0 spiro atoms. The molecule has 1 aliphatic rings. The van der Waals surface area contributed by atoms with Crippen molar-refractivity contribution in [3.63, 3.8) is 0 Å². The van der Waals surface area contributed by atoms with Crippen molar-refractivity contribution in [2.75, 3.05) is 0 Å². The third kappa shape index (κ3) is 1.80. The van der Waals surface area contributed by atoms with Crippen molar-refractivity contribution in [1.29, 1.82) is 0 Å². The maximum absolute atomic E-state index is 4.80. The summed E-state index contributed by atoms with van der Waals surface area (Å²) in [5.41, 5.74) is 6.73. The molecule has 0 atom stereocenters. The quantitative estimate of drug-likeness (QED) is 0.618. The van der Waals surface area contributed by atoms with Crippen LogP contribution in [-0.2, 0) is 6.42 Å². The minimum Gasteiger partial charge on any atom is -0.236 e. The van der Waals surface area contributed by atoms with Gasteiger partial charge < -0.3 is 0 Å². The van der Waals surface area contributed by atoms with Crippen LogP contribution >= 0.6 is 11.3 Å². The average Bonchev–Trinajstić information content (AvgIpc) is 3.09. The van der Waals surface area contributed by atoms with E-state index in [1.54, 1.807) is 11.3 Å². The molecule has 98 valence electrons. The molecule has 1 heterocycles. The van der Waals surface area contributed by atoms with Crippen LogP contribution in [0, 0.1) is 0 Å². The Hall–Kier alpha value is -1.93. The number of hydrogen-bond acceptors (Lipinski definition) is 2. The van der Waals surface area contributed by atoms with Crippen LogP contribution < -0.4 is 0 Å². The van der Waals surface area contributed by atoms with Crippen molar-refractivity contribution in [1.82, 2.24) is 4.98 Å². The fourth-order valence-electron chi connectivity index (χ4n) is 2.84. The molecule has 1 aliphatic carbocycles. The first kappa shape index (κ1) is 11.9. The summed E-state index contributed by atoms with van der Waals surface area (Å²) in [4.78, 5) is 4.80. The molecule has 0 aliphatic heterocycles. The van der Waals surface area contributed by atoms with Crippen molar-refractivity contribution in [2.45, 2.75) is 19.8 Å². The minimum absolute atomic E-state index is 1.10. The number of hydrogen-bond donors (Lipinski definition) is 0. The summed E-state index contributed by atoms with van der Waals surface area (Å²) < 4.78 is 1.26. The van der Waals surface area contributed by atoms with E-state index in [0.717, 1.165) is 23.4 Å². The molecule has 0 fully saturated rings. The van der Waals surface area contributed by atoms with Gasteiger partial charge in [0.05, 0.1) is 10.2 Å². The first-order valence-corrected chi connectivity index (χ1v) is 7.84. The number of nitrogens with zero attached hydrogens (tertiary/aromatic N) is 1. The number of aromatic nitrogens is 1. The second-order valence-corrected chi connectivity index (χ2v) is 6.23. The summed E-state index contributed by atoms with van der Waals surface area (Å²) in [6.07, 6.45) is 4.59. The fourth-order valence-corrected chi connectivity index (χ4v) is 3.84. The third-order valence-corrected chi connectivity index (χ3v) is 5.01. The van der Waals surface area contributed by atoms with Gasteiger partial charge in [-0.3, -0.25) is 0 Å². The number of benzene rings is 2. The predicted octanol–water partition coefficient (Wildman–Crippen LogP) is 5.31. The Morgan fingerprint density at radius 1 is 1.10 bits per heavy atom. The highest BCUT2D eigenvalue weighted by Gasteiger charge is 2.17. The molecule has 0 unspecified atom stereocenters. The number of allylic oxidation sites excluding steroid dienone is 1. The molecule has 4 rings (SSSR count). The van der Waals surface area contributed by atoms with Crippen LogP contribution in [-0.4, -0.2) is 4.98 Å². The maximum atomic E-state index is 4.80. The SMILES string of the molecule is CCC1=Cc2c(cccc2-c2nc3ccccc3s2)C1. The van der Waals surface area contributed by atoms with Gasteiger partial charge in [-0.2, -0.15) is 0 Å². The first-order valence-electron chi connectivity index (χ1n) is 7.02. The Balaban J connectivity index is 1.91. The Labute approximate surface area is 122 Å². The number of rotatable bonds is 2. The molecule has 2 heteroatoms. The van der Waals surface area contributed by atoms with E-state index in [0.29, 0.717) is 0 Å². The lowest BCUT2D eigenvalue weighted by Gasteiger charge is -2.03. The van der Waals surface area contributed by atoms with Gasteiger partial charge >= 0.3 is 0 Å². The summed E-state index contributed by atoms with van der Waals surface area (Å²) in [7, 11) is 0. The van der Waals surface area contributed by atoms with E-state index in [1.807, 2.05) is 0 Å². The lowest BCUT2D eigenvalue weighted by molar-refractivity contribution is 1.04. The smallest absolute Gasteiger partial charge is 0.125 e. The molecule has 0 radical (unpaired) electrons. The van der Waals surface area contributed by atoms with Crippen molar-refractivity contribution < 1.29 is 0 Å². The second-order valence-electron chi connectivity index (χ2n) is 5.20. The van der Waals surface area contributed by atoms with Crippen molar-refractivity contribution >= 4 is 27.6 Å². The van der Waals surface area contributed by atoms with Crippen LogP contribution in [0.4, 0.5) is 0 Å². The van der Waals surface area contributed by atoms with E-state index in [4.69, 9.17) is 4.98 Å². The molecule has 1 nitrogen and oxygen atoms in total. The van der Waals surface area contributed by atoms with E-state index in [2.05, 4.69) is 55.5 Å². The van der Waals surface area contributed by atoms with Gasteiger partial charge in [-0.15, -0.1) is 11.3 Å². The number of thiazole rings is 1. The Kier molecular flexibility index (Phi) is 2.71. The molecule has 3 aromatic rings. The molecule has 1 aromatic heterocycles. The van der Waals surface area contributed by atoms with Crippen molar-refractivity contribution in [3.8, 4) is 10.6 Å². The molecule has 20 heavy (non-hydrogen) atoms. The van der Waals surface area contributed by atoms with Crippen LogP contribution in [0.3, 0.4) is 0 Å². The molecule has 0 N–H and O–H groups in total. The molecule has 2 aromatic carbocycles. The largest absolute Gasteiger partial charge is 0.236 e. The highest BCUT2D eigenvalue weighted by molar-refractivity contribution is 7.21. The average molecular weight is 277 g/mol. The molecule has 0 bridgehead atoms. The summed E-state index contributed by atoms with van der Waals surface area (Å²) in [6, 6.07) is 15.0. The zero-order valence-electron chi connectivity index (χ0n) is 11.4. The van der Waals surface area contributed by atoms with E-state index in [1.165, 1.54) is 27.0 Å². The van der Waals surface area contributed by atoms with E-state index >= 15 is 0 Å². The van der Waals surface area contributed by atoms with E-state index in [9.17, 15) is 0 Å². The van der Waals surface area contributed by atoms with Crippen LogP contribution in [0.5, 0.6) is 0 Å². The summed E-state index contributed by atoms with van der Waals surface area (Å²) in [6.45, 7) is 2.23. The molecule has 0 saturated carbocycles. The first-order chi connectivity index (χ1) is 9.85. The highest BCUT2D eigenvalue weighted by Crippen LogP contribution is 2.37. The van der Waals surface area contributed by atoms with Crippen LogP contribution in [0.25, 0.3) is 26.9 Å². The maximum Gasteiger partial charge on any atom is 0.125 e. The van der Waals surface area contributed by atoms with Crippen molar-refractivity contribution in [3.05, 3.63) is 59.2 Å². The van der Waals surface area contributed by atoms with E-state index < -0.39 is 0 Å². The monoisotopic (exact) mass is 277 g/mol. The lowest BCUT2D eigenvalue weighted by Crippen LogP contribution is -1.86.